The number of aliphatic hydroxyl groups is 1. The van der Waals surface area contributed by atoms with Crippen molar-refractivity contribution in [2.24, 2.45) is 0 Å². The van der Waals surface area contributed by atoms with Gasteiger partial charge in [0.2, 0.25) is 11.7 Å². The molecule has 0 amide bonds. The van der Waals surface area contributed by atoms with Gasteiger partial charge in [0.05, 0.1) is 25.8 Å². The second kappa shape index (κ2) is 8.55. The lowest BCUT2D eigenvalue weighted by molar-refractivity contribution is 0.122. The fourth-order valence-electron chi connectivity index (χ4n) is 4.07. The molecule has 1 atom stereocenters. The minimum atomic E-state index is -0.0885. The fraction of sp³-hybridized carbons (Fsp3) is 0.476. The van der Waals surface area contributed by atoms with Crippen molar-refractivity contribution in [3.8, 4) is 11.4 Å². The first-order valence-electron chi connectivity index (χ1n) is 10.4. The molecule has 9 heteroatoms. The van der Waals surface area contributed by atoms with E-state index in [-0.39, 0.29) is 12.6 Å². The van der Waals surface area contributed by atoms with Crippen molar-refractivity contribution in [2.45, 2.75) is 32.0 Å². The number of hydrogen-bond acceptors (Lipinski definition) is 9. The Bertz CT molecular complexity index is 964. The molecule has 0 spiro atoms. The molecule has 158 valence electrons. The van der Waals surface area contributed by atoms with E-state index in [1.807, 2.05) is 18.2 Å². The van der Waals surface area contributed by atoms with Crippen LogP contribution in [0.2, 0.25) is 0 Å². The predicted octanol–water partition coefficient (Wildman–Crippen LogP) is 2.39. The topological polar surface area (TPSA) is 101 Å². The molecular formula is C21H25N5O4. The lowest BCUT2D eigenvalue weighted by atomic mass is 10.2. The first kappa shape index (κ1) is 19.2. The summed E-state index contributed by atoms with van der Waals surface area (Å²) in [7, 11) is 0. The van der Waals surface area contributed by atoms with Gasteiger partial charge in [0.15, 0.2) is 0 Å². The largest absolute Gasteiger partial charge is 0.462 e. The van der Waals surface area contributed by atoms with Gasteiger partial charge in [-0.1, -0.05) is 5.16 Å². The van der Waals surface area contributed by atoms with Gasteiger partial charge in [-0.05, 0) is 43.7 Å². The Morgan fingerprint density at radius 3 is 2.70 bits per heavy atom. The Hall–Kier alpha value is -2.75. The van der Waals surface area contributed by atoms with E-state index in [1.165, 1.54) is 0 Å². The van der Waals surface area contributed by atoms with E-state index in [9.17, 15) is 5.11 Å². The smallest absolute Gasteiger partial charge is 0.244 e. The number of nitrogens with zero attached hydrogens (tertiary/aromatic N) is 5. The average molecular weight is 411 g/mol. The van der Waals surface area contributed by atoms with Gasteiger partial charge in [0.1, 0.15) is 23.9 Å². The number of rotatable bonds is 6. The second-order valence-electron chi connectivity index (χ2n) is 7.62. The molecule has 1 N–H and O–H groups in total. The Labute approximate surface area is 174 Å². The van der Waals surface area contributed by atoms with E-state index in [0.717, 1.165) is 62.8 Å². The first-order valence-corrected chi connectivity index (χ1v) is 10.4. The first-order chi connectivity index (χ1) is 14.8. The summed E-state index contributed by atoms with van der Waals surface area (Å²) in [5.74, 6) is 3.52. The molecular weight excluding hydrogens is 386 g/mol. The average Bonchev–Trinajstić information content (AvgIpc) is 3.55. The zero-order valence-corrected chi connectivity index (χ0v) is 16.7. The molecule has 0 saturated carbocycles. The molecule has 2 aliphatic heterocycles. The molecule has 2 fully saturated rings. The lowest BCUT2D eigenvalue weighted by Crippen LogP contribution is -2.36. The number of anilines is 1. The molecule has 0 unspecified atom stereocenters. The third kappa shape index (κ3) is 3.96. The summed E-state index contributed by atoms with van der Waals surface area (Å²) in [5, 5.41) is 13.4. The molecule has 0 aromatic carbocycles. The van der Waals surface area contributed by atoms with Crippen LogP contribution >= 0.6 is 0 Å². The number of aliphatic hydroxyl groups excluding tert-OH is 1. The van der Waals surface area contributed by atoms with Crippen molar-refractivity contribution >= 4 is 5.82 Å². The van der Waals surface area contributed by atoms with E-state index in [4.69, 9.17) is 13.7 Å². The van der Waals surface area contributed by atoms with Crippen LogP contribution in [0.3, 0.4) is 0 Å². The second-order valence-corrected chi connectivity index (χ2v) is 7.62. The van der Waals surface area contributed by atoms with Crippen molar-refractivity contribution in [1.29, 1.82) is 0 Å². The summed E-state index contributed by atoms with van der Waals surface area (Å²) in [6, 6.07) is 7.75. The maximum atomic E-state index is 9.19. The SMILES string of the molecule is OCc1ccc(CN2CCC[C@H]2c2nc(-c3ccc(N4CCOCC4)nc3)no2)o1. The van der Waals surface area contributed by atoms with Crippen molar-refractivity contribution < 1.29 is 18.8 Å². The summed E-state index contributed by atoms with van der Waals surface area (Å²) in [4.78, 5) is 13.7. The summed E-state index contributed by atoms with van der Waals surface area (Å²) in [5.41, 5.74) is 0.838. The van der Waals surface area contributed by atoms with Crippen LogP contribution < -0.4 is 4.90 Å². The van der Waals surface area contributed by atoms with Gasteiger partial charge in [-0.25, -0.2) is 4.98 Å². The van der Waals surface area contributed by atoms with E-state index >= 15 is 0 Å². The minimum absolute atomic E-state index is 0.0644. The lowest BCUT2D eigenvalue weighted by Gasteiger charge is -2.27. The van der Waals surface area contributed by atoms with E-state index in [2.05, 4.69) is 24.9 Å². The van der Waals surface area contributed by atoms with Crippen molar-refractivity contribution in [3.05, 3.63) is 47.9 Å². The van der Waals surface area contributed by atoms with Gasteiger partial charge in [-0.15, -0.1) is 0 Å². The molecule has 9 nitrogen and oxygen atoms in total. The van der Waals surface area contributed by atoms with Crippen molar-refractivity contribution in [1.82, 2.24) is 20.0 Å². The van der Waals surface area contributed by atoms with Crippen LogP contribution in [0.15, 0.2) is 39.4 Å². The number of hydrogen-bond donors (Lipinski definition) is 1. The summed E-state index contributed by atoms with van der Waals surface area (Å²) in [6.07, 6.45) is 3.82. The fourth-order valence-corrected chi connectivity index (χ4v) is 4.07. The summed E-state index contributed by atoms with van der Waals surface area (Å²) >= 11 is 0. The van der Waals surface area contributed by atoms with Gasteiger partial charge < -0.3 is 23.7 Å². The number of morpholine rings is 1. The molecule has 2 aliphatic rings. The predicted molar refractivity (Wildman–Crippen MR) is 108 cm³/mol. The Balaban J connectivity index is 1.28. The number of ether oxygens (including phenoxy) is 1. The molecule has 2 saturated heterocycles. The third-order valence-electron chi connectivity index (χ3n) is 5.66. The highest BCUT2D eigenvalue weighted by atomic mass is 16.5. The molecule has 30 heavy (non-hydrogen) atoms. The highest BCUT2D eigenvalue weighted by Crippen LogP contribution is 2.33. The molecule has 3 aromatic rings. The molecule has 0 radical (unpaired) electrons. The number of furan rings is 1. The van der Waals surface area contributed by atoms with Gasteiger partial charge >= 0.3 is 0 Å². The van der Waals surface area contributed by atoms with Crippen LogP contribution in [0.4, 0.5) is 5.82 Å². The van der Waals surface area contributed by atoms with Gasteiger partial charge in [-0.2, -0.15) is 4.98 Å². The van der Waals surface area contributed by atoms with Crippen LogP contribution in [-0.2, 0) is 17.9 Å². The highest BCUT2D eigenvalue weighted by Gasteiger charge is 2.31. The highest BCUT2D eigenvalue weighted by molar-refractivity contribution is 5.56. The Morgan fingerprint density at radius 2 is 1.93 bits per heavy atom. The van der Waals surface area contributed by atoms with Crippen molar-refractivity contribution in [3.63, 3.8) is 0 Å². The molecule has 5 heterocycles. The van der Waals surface area contributed by atoms with Crippen LogP contribution in [0.25, 0.3) is 11.4 Å². The zero-order valence-electron chi connectivity index (χ0n) is 16.7. The van der Waals surface area contributed by atoms with Crippen LogP contribution in [0.1, 0.15) is 36.3 Å². The summed E-state index contributed by atoms with van der Waals surface area (Å²) < 4.78 is 16.6. The van der Waals surface area contributed by atoms with Crippen LogP contribution in [0, 0.1) is 0 Å². The quantitative estimate of drug-likeness (QED) is 0.655. The summed E-state index contributed by atoms with van der Waals surface area (Å²) in [6.45, 7) is 4.67. The molecule has 0 bridgehead atoms. The Morgan fingerprint density at radius 1 is 1.07 bits per heavy atom. The Kier molecular flexibility index (Phi) is 5.48. The molecule has 0 aliphatic carbocycles. The maximum absolute atomic E-state index is 9.19. The zero-order chi connectivity index (χ0) is 20.3. The van der Waals surface area contributed by atoms with E-state index < -0.39 is 0 Å². The number of likely N-dealkylation sites (tertiary alicyclic amines) is 1. The number of pyridine rings is 1. The monoisotopic (exact) mass is 411 g/mol. The normalized spacial score (nSPS) is 20.2. The van der Waals surface area contributed by atoms with Gasteiger partial charge in [0.25, 0.3) is 0 Å². The van der Waals surface area contributed by atoms with Crippen molar-refractivity contribution in [2.75, 3.05) is 37.7 Å². The molecule has 5 rings (SSSR count). The third-order valence-corrected chi connectivity index (χ3v) is 5.66. The van der Waals surface area contributed by atoms with E-state index in [0.29, 0.717) is 24.0 Å². The maximum Gasteiger partial charge on any atom is 0.244 e. The van der Waals surface area contributed by atoms with E-state index in [1.54, 1.807) is 12.3 Å². The minimum Gasteiger partial charge on any atom is -0.462 e. The van der Waals surface area contributed by atoms with Gasteiger partial charge in [0, 0.05) is 24.8 Å². The van der Waals surface area contributed by atoms with Crippen LogP contribution in [0.5, 0.6) is 0 Å². The van der Waals surface area contributed by atoms with Gasteiger partial charge in [-0.3, -0.25) is 4.90 Å². The van der Waals surface area contributed by atoms with Crippen LogP contribution in [-0.4, -0.2) is 58.0 Å². The molecule has 3 aromatic heterocycles. The standard InChI is InChI=1S/C21H25N5O4/c27-14-17-5-4-16(29-17)13-26-7-1-2-18(26)21-23-20(24-30-21)15-3-6-19(22-12-15)25-8-10-28-11-9-25/h3-6,12,18,27H,1-2,7-11,13-14H2/t18-/m0/s1. The number of aromatic nitrogens is 3.